The van der Waals surface area contributed by atoms with Gasteiger partial charge >= 0.3 is 18.3 Å². The largest absolute Gasteiger partial charge is 0.511 e. The molecule has 7 rings (SSSR count). The highest BCUT2D eigenvalue weighted by molar-refractivity contribution is 6.02. The Labute approximate surface area is 361 Å². The molecular formula is C44H47N7O12. The number of ether oxygens (including phenoxy) is 6. The monoisotopic (exact) mass is 865 g/mol. The van der Waals surface area contributed by atoms with Crippen LogP contribution in [0.1, 0.15) is 86.2 Å². The van der Waals surface area contributed by atoms with E-state index < -0.39 is 30.8 Å². The Morgan fingerprint density at radius 3 is 2.21 bits per heavy atom. The van der Waals surface area contributed by atoms with Crippen molar-refractivity contribution >= 4 is 29.3 Å². The lowest BCUT2D eigenvalue weighted by molar-refractivity contribution is -0.497. The molecule has 19 nitrogen and oxygen atoms in total. The minimum atomic E-state index is -1.19. The molecular weight excluding hydrogens is 819 g/mol. The number of benzene rings is 4. The van der Waals surface area contributed by atoms with Crippen LogP contribution < -0.4 is 4.74 Å². The number of aromatic nitrogens is 6. The van der Waals surface area contributed by atoms with E-state index in [0.717, 1.165) is 48.8 Å². The molecule has 2 aromatic heterocycles. The first-order valence-corrected chi connectivity index (χ1v) is 20.4. The van der Waals surface area contributed by atoms with Crippen LogP contribution in [0, 0.1) is 0 Å². The van der Waals surface area contributed by atoms with Crippen molar-refractivity contribution in [2.75, 3.05) is 6.61 Å². The second-order valence-electron chi connectivity index (χ2n) is 14.6. The van der Waals surface area contributed by atoms with Crippen molar-refractivity contribution in [2.24, 2.45) is 0 Å². The van der Waals surface area contributed by atoms with Gasteiger partial charge in [0.1, 0.15) is 12.7 Å². The van der Waals surface area contributed by atoms with Crippen molar-refractivity contribution in [3.05, 3.63) is 113 Å². The Morgan fingerprint density at radius 2 is 1.49 bits per heavy atom. The van der Waals surface area contributed by atoms with Gasteiger partial charge in [0.25, 0.3) is 6.01 Å². The fraction of sp³-hybridized carbons (Fsp3) is 0.341. The number of rotatable bonds is 17. The summed E-state index contributed by atoms with van der Waals surface area (Å²) < 4.78 is 34.6. The molecule has 1 fully saturated rings. The number of para-hydroxylation sites is 1. The van der Waals surface area contributed by atoms with Crippen LogP contribution in [0.2, 0.25) is 0 Å². The summed E-state index contributed by atoms with van der Waals surface area (Å²) in [5, 5.41) is 29.9. The summed E-state index contributed by atoms with van der Waals surface area (Å²) in [6.45, 7) is 5.39. The van der Waals surface area contributed by atoms with Gasteiger partial charge in [-0.25, -0.2) is 19.2 Å². The molecule has 19 heteroatoms. The van der Waals surface area contributed by atoms with Gasteiger partial charge in [-0.05, 0) is 84.7 Å². The molecule has 1 aliphatic carbocycles. The van der Waals surface area contributed by atoms with E-state index in [1.54, 1.807) is 49.4 Å². The van der Waals surface area contributed by atoms with Gasteiger partial charge in [0.05, 0.1) is 41.7 Å². The summed E-state index contributed by atoms with van der Waals surface area (Å²) in [7, 11) is 0. The normalized spacial score (nSPS) is 13.9. The van der Waals surface area contributed by atoms with Crippen LogP contribution in [0.3, 0.4) is 0 Å². The van der Waals surface area contributed by atoms with E-state index >= 15 is 0 Å². The summed E-state index contributed by atoms with van der Waals surface area (Å²) in [6, 6.07) is 27.6. The Hall–Kier alpha value is -6.93. The zero-order chi connectivity index (χ0) is 44.3. The van der Waals surface area contributed by atoms with Gasteiger partial charge in [-0.15, -0.1) is 15.0 Å². The van der Waals surface area contributed by atoms with Crippen molar-refractivity contribution < 1.29 is 58.1 Å². The van der Waals surface area contributed by atoms with E-state index in [9.17, 15) is 14.4 Å². The first-order valence-electron chi connectivity index (χ1n) is 20.4. The molecule has 0 bridgehead atoms. The number of fused-ring (bicyclic) bond motifs is 1. The lowest BCUT2D eigenvalue weighted by Crippen LogP contribution is -2.26. The Bertz CT molecular complexity index is 2480. The zero-order valence-electron chi connectivity index (χ0n) is 34.9. The third kappa shape index (κ3) is 11.5. The van der Waals surface area contributed by atoms with E-state index in [1.165, 1.54) is 11.7 Å². The number of tetrazole rings is 1. The van der Waals surface area contributed by atoms with Gasteiger partial charge in [0, 0.05) is 12.5 Å². The van der Waals surface area contributed by atoms with Crippen LogP contribution in [-0.2, 0) is 48.3 Å². The predicted molar refractivity (Wildman–Crippen MR) is 221 cm³/mol. The summed E-state index contributed by atoms with van der Waals surface area (Å²) in [4.78, 5) is 48.9. The standard InChI is InChI=1S/C44H47N7O12/c1-4-57-42-45-38-16-10-15-37(41(52)61-29(3)62-44(54)63-34-11-6-5-7-12-34)39(38)49(42)25-30-21-23-33(24-22-30)35-13-8-9-14-36(35)40-46-48-50(47-40)28(2)60-43(53)58-26-31-17-19-32(20-18-31)27-59-51(55)56/h8-10,13-24,28-29,34,55-56H,4-7,11-12,25-27H2,1-3H3. The highest BCUT2D eigenvalue weighted by Crippen LogP contribution is 2.32. The number of carbonyl (C=O) groups excluding carboxylic acids is 3. The van der Waals surface area contributed by atoms with Crippen molar-refractivity contribution in [3.8, 4) is 28.5 Å². The highest BCUT2D eigenvalue weighted by atomic mass is 17.1. The third-order valence-electron chi connectivity index (χ3n) is 10.1. The Kier molecular flexibility index (Phi) is 14.5. The summed E-state index contributed by atoms with van der Waals surface area (Å²) in [5.41, 5.74) is 5.84. The SMILES string of the molecule is CCOc1nc2cccc(C(=O)OC(C)OC(=O)OC3CCCCC3)c2n1Cc1ccc(-c2ccccc2-c2nnn(C(C)OC(=O)OCc3ccc(CON(O)O)cc3)n2)cc1. The van der Waals surface area contributed by atoms with Crippen LogP contribution >= 0.6 is 0 Å². The van der Waals surface area contributed by atoms with Crippen LogP contribution in [0.15, 0.2) is 91.0 Å². The second kappa shape index (κ2) is 20.8. The van der Waals surface area contributed by atoms with Gasteiger partial charge in [-0.2, -0.15) is 4.98 Å². The fourth-order valence-electron chi connectivity index (χ4n) is 7.05. The molecule has 2 atom stereocenters. The average Bonchev–Trinajstić information content (AvgIpc) is 3.91. The second-order valence-corrected chi connectivity index (χ2v) is 14.6. The first-order chi connectivity index (χ1) is 30.5. The summed E-state index contributed by atoms with van der Waals surface area (Å²) in [5.74, 6) is -0.395. The lowest BCUT2D eigenvalue weighted by Gasteiger charge is -2.22. The molecule has 330 valence electrons. The molecule has 1 aliphatic rings. The minimum Gasteiger partial charge on any atom is -0.465 e. The van der Waals surface area contributed by atoms with E-state index in [-0.39, 0.29) is 30.3 Å². The van der Waals surface area contributed by atoms with Crippen molar-refractivity contribution in [1.82, 2.24) is 35.1 Å². The lowest BCUT2D eigenvalue weighted by atomic mass is 9.98. The van der Waals surface area contributed by atoms with Crippen molar-refractivity contribution in [3.63, 3.8) is 0 Å². The van der Waals surface area contributed by atoms with Crippen LogP contribution in [0.5, 0.6) is 6.01 Å². The van der Waals surface area contributed by atoms with Crippen LogP contribution in [0.25, 0.3) is 33.5 Å². The molecule has 4 aromatic carbocycles. The fourth-order valence-corrected chi connectivity index (χ4v) is 7.05. The number of nitrogens with zero attached hydrogens (tertiary/aromatic N) is 7. The first kappa shape index (κ1) is 44.1. The van der Waals surface area contributed by atoms with Crippen molar-refractivity contribution in [2.45, 2.75) is 91.3 Å². The molecule has 0 aliphatic heterocycles. The summed E-state index contributed by atoms with van der Waals surface area (Å²) in [6.07, 6.45) is 0.517. The predicted octanol–water partition coefficient (Wildman–Crippen LogP) is 8.18. The molecule has 1 saturated carbocycles. The maximum absolute atomic E-state index is 13.6. The quantitative estimate of drug-likeness (QED) is 0.0382. The Morgan fingerprint density at radius 1 is 0.794 bits per heavy atom. The topological polar surface area (TPSA) is 221 Å². The molecule has 2 N–H and O–H groups in total. The number of imidazole rings is 1. The molecule has 2 unspecified atom stereocenters. The number of hydrogen-bond donors (Lipinski definition) is 2. The van der Waals surface area contributed by atoms with E-state index in [4.69, 9.17) is 38.8 Å². The Balaban J connectivity index is 1.01. The molecule has 2 heterocycles. The molecule has 0 radical (unpaired) electrons. The number of esters is 1. The van der Waals surface area contributed by atoms with Gasteiger partial charge in [0.15, 0.2) is 0 Å². The third-order valence-corrected chi connectivity index (χ3v) is 10.1. The van der Waals surface area contributed by atoms with Crippen molar-refractivity contribution in [1.29, 1.82) is 0 Å². The molecule has 6 aromatic rings. The van der Waals surface area contributed by atoms with Crippen LogP contribution in [-0.4, -0.2) is 82.8 Å². The zero-order valence-corrected chi connectivity index (χ0v) is 34.9. The molecule has 0 amide bonds. The van der Waals surface area contributed by atoms with E-state index in [2.05, 4.69) is 25.2 Å². The van der Waals surface area contributed by atoms with Gasteiger partial charge in [-0.3, -0.25) is 15.0 Å². The minimum absolute atomic E-state index is 0.0672. The average molecular weight is 866 g/mol. The van der Waals surface area contributed by atoms with E-state index in [0.29, 0.717) is 52.7 Å². The number of hydrogen-bond acceptors (Lipinski definition) is 17. The van der Waals surface area contributed by atoms with Crippen LogP contribution in [0.4, 0.5) is 9.59 Å². The summed E-state index contributed by atoms with van der Waals surface area (Å²) >= 11 is 0. The molecule has 63 heavy (non-hydrogen) atoms. The van der Waals surface area contributed by atoms with E-state index in [1.807, 2.05) is 60.0 Å². The maximum atomic E-state index is 13.6. The smallest absolute Gasteiger partial charge is 0.465 e. The molecule has 0 saturated heterocycles. The van der Waals surface area contributed by atoms with Gasteiger partial charge in [-0.1, -0.05) is 85.3 Å². The maximum Gasteiger partial charge on any atom is 0.511 e. The van der Waals surface area contributed by atoms with Gasteiger partial charge in [0.2, 0.25) is 18.3 Å². The number of carbonyl (C=O) groups is 3. The molecule has 0 spiro atoms. The highest BCUT2D eigenvalue weighted by Gasteiger charge is 2.25. The van der Waals surface area contributed by atoms with Gasteiger partial charge < -0.3 is 28.4 Å².